The molecule has 1 aliphatic rings. The molecule has 0 N–H and O–H groups in total. The third-order valence-corrected chi connectivity index (χ3v) is 3.65. The summed E-state index contributed by atoms with van der Waals surface area (Å²) in [5, 5.41) is 9.31. The van der Waals surface area contributed by atoms with Crippen molar-refractivity contribution in [2.24, 2.45) is 5.92 Å². The molecular weight excluding hydrogens is 226 g/mol. The van der Waals surface area contributed by atoms with Gasteiger partial charge in [0.1, 0.15) is 5.92 Å². The van der Waals surface area contributed by atoms with Gasteiger partial charge in [0, 0.05) is 12.5 Å². The van der Waals surface area contributed by atoms with E-state index in [4.69, 9.17) is 4.74 Å². The van der Waals surface area contributed by atoms with E-state index in [1.165, 1.54) is 0 Å². The van der Waals surface area contributed by atoms with Crippen LogP contribution in [-0.4, -0.2) is 18.5 Å². The summed E-state index contributed by atoms with van der Waals surface area (Å²) in [5.74, 6) is -0.814. The fourth-order valence-electron chi connectivity index (χ4n) is 2.52. The number of nitrogens with zero attached hydrogens (tertiary/aromatic N) is 1. The lowest BCUT2D eigenvalue weighted by Crippen LogP contribution is -2.26. The smallest absolute Gasteiger partial charge is 0.160 e. The molecule has 2 rings (SSSR count). The Kier molecular flexibility index (Phi) is 3.78. The SMILES string of the molecule is Cc1ccccc1C(C#N)C(=O)C1CCOC1C. The van der Waals surface area contributed by atoms with Crippen LogP contribution in [0.15, 0.2) is 24.3 Å². The van der Waals surface area contributed by atoms with Crippen LogP contribution in [-0.2, 0) is 9.53 Å². The molecule has 3 unspecified atom stereocenters. The van der Waals surface area contributed by atoms with Gasteiger partial charge in [-0.3, -0.25) is 4.79 Å². The van der Waals surface area contributed by atoms with Crippen molar-refractivity contribution in [1.82, 2.24) is 0 Å². The number of carbonyl (C=O) groups is 1. The number of hydrogen-bond acceptors (Lipinski definition) is 3. The molecule has 0 aromatic heterocycles. The molecule has 1 aromatic carbocycles. The van der Waals surface area contributed by atoms with Gasteiger partial charge in [0.05, 0.1) is 12.2 Å². The molecule has 1 fully saturated rings. The van der Waals surface area contributed by atoms with E-state index in [0.717, 1.165) is 17.5 Å². The average Bonchev–Trinajstić information content (AvgIpc) is 2.78. The number of nitriles is 1. The van der Waals surface area contributed by atoms with Gasteiger partial charge in [-0.05, 0) is 31.4 Å². The third-order valence-electron chi connectivity index (χ3n) is 3.65. The lowest BCUT2D eigenvalue weighted by molar-refractivity contribution is -0.124. The lowest BCUT2D eigenvalue weighted by atomic mass is 9.84. The van der Waals surface area contributed by atoms with Crippen molar-refractivity contribution in [3.8, 4) is 6.07 Å². The van der Waals surface area contributed by atoms with E-state index in [1.807, 2.05) is 38.1 Å². The molecular formula is C15H17NO2. The fraction of sp³-hybridized carbons (Fsp3) is 0.467. The van der Waals surface area contributed by atoms with Crippen LogP contribution >= 0.6 is 0 Å². The minimum Gasteiger partial charge on any atom is -0.378 e. The zero-order chi connectivity index (χ0) is 13.1. The van der Waals surface area contributed by atoms with Crippen molar-refractivity contribution in [1.29, 1.82) is 5.26 Å². The Hall–Kier alpha value is -1.66. The summed E-state index contributed by atoms with van der Waals surface area (Å²) in [6, 6.07) is 9.73. The highest BCUT2D eigenvalue weighted by Gasteiger charge is 2.36. The Bertz CT molecular complexity index is 490. The van der Waals surface area contributed by atoms with E-state index in [-0.39, 0.29) is 17.8 Å². The number of Topliss-reactive ketones (excluding diaryl/α,β-unsaturated/α-hetero) is 1. The van der Waals surface area contributed by atoms with Gasteiger partial charge in [-0.2, -0.15) is 5.26 Å². The summed E-state index contributed by atoms with van der Waals surface area (Å²) in [4.78, 5) is 12.4. The largest absolute Gasteiger partial charge is 0.378 e. The van der Waals surface area contributed by atoms with Crippen LogP contribution in [0.5, 0.6) is 0 Å². The van der Waals surface area contributed by atoms with Gasteiger partial charge in [0.15, 0.2) is 5.78 Å². The van der Waals surface area contributed by atoms with Gasteiger partial charge in [-0.15, -0.1) is 0 Å². The molecule has 1 aromatic rings. The highest BCUT2D eigenvalue weighted by atomic mass is 16.5. The van der Waals surface area contributed by atoms with E-state index >= 15 is 0 Å². The molecule has 3 heteroatoms. The molecule has 1 aliphatic heterocycles. The van der Waals surface area contributed by atoms with Crippen molar-refractivity contribution in [2.75, 3.05) is 6.61 Å². The van der Waals surface area contributed by atoms with Gasteiger partial charge < -0.3 is 4.74 Å². The lowest BCUT2D eigenvalue weighted by Gasteiger charge is -2.17. The number of benzene rings is 1. The van der Waals surface area contributed by atoms with E-state index in [2.05, 4.69) is 6.07 Å². The van der Waals surface area contributed by atoms with Crippen LogP contribution in [0.2, 0.25) is 0 Å². The second-order valence-electron chi connectivity index (χ2n) is 4.79. The number of hydrogen-bond donors (Lipinski definition) is 0. The Balaban J connectivity index is 2.27. The standard InChI is InChI=1S/C15H17NO2/c1-10-5-3-4-6-12(10)14(9-16)15(17)13-7-8-18-11(13)2/h3-6,11,13-14H,7-8H2,1-2H3. The van der Waals surface area contributed by atoms with Gasteiger partial charge in [-0.25, -0.2) is 0 Å². The third kappa shape index (κ3) is 2.30. The van der Waals surface area contributed by atoms with Gasteiger partial charge >= 0.3 is 0 Å². The summed E-state index contributed by atoms with van der Waals surface area (Å²) < 4.78 is 5.42. The molecule has 94 valence electrons. The predicted molar refractivity (Wildman–Crippen MR) is 68.1 cm³/mol. The second kappa shape index (κ2) is 5.32. The predicted octanol–water partition coefficient (Wildman–Crippen LogP) is 2.60. The van der Waals surface area contributed by atoms with E-state index in [9.17, 15) is 10.1 Å². The van der Waals surface area contributed by atoms with Crippen LogP contribution in [0.4, 0.5) is 0 Å². The number of aryl methyl sites for hydroxylation is 1. The van der Waals surface area contributed by atoms with Gasteiger partial charge in [-0.1, -0.05) is 24.3 Å². The summed E-state index contributed by atoms with van der Waals surface area (Å²) >= 11 is 0. The maximum Gasteiger partial charge on any atom is 0.160 e. The van der Waals surface area contributed by atoms with Crippen molar-refractivity contribution in [3.05, 3.63) is 35.4 Å². The Morgan fingerprint density at radius 2 is 2.22 bits per heavy atom. The first-order valence-electron chi connectivity index (χ1n) is 6.25. The summed E-state index contributed by atoms with van der Waals surface area (Å²) in [6.45, 7) is 4.45. The monoisotopic (exact) mass is 243 g/mol. The van der Waals surface area contributed by atoms with E-state index < -0.39 is 5.92 Å². The highest BCUT2D eigenvalue weighted by Crippen LogP contribution is 2.29. The molecule has 3 atom stereocenters. The molecule has 1 saturated heterocycles. The average molecular weight is 243 g/mol. The molecule has 0 spiro atoms. The first-order chi connectivity index (χ1) is 8.65. The molecule has 1 heterocycles. The topological polar surface area (TPSA) is 50.1 Å². The van der Waals surface area contributed by atoms with Crippen LogP contribution in [0, 0.1) is 24.2 Å². The maximum atomic E-state index is 12.4. The van der Waals surface area contributed by atoms with Crippen LogP contribution < -0.4 is 0 Å². The summed E-state index contributed by atoms with van der Waals surface area (Å²) in [5.41, 5.74) is 1.81. The maximum absolute atomic E-state index is 12.4. The molecule has 18 heavy (non-hydrogen) atoms. The quantitative estimate of drug-likeness (QED) is 0.819. The Morgan fingerprint density at radius 3 is 2.78 bits per heavy atom. The Morgan fingerprint density at radius 1 is 1.50 bits per heavy atom. The number of ketones is 1. The van der Waals surface area contributed by atoms with Crippen LogP contribution in [0.25, 0.3) is 0 Å². The van der Waals surface area contributed by atoms with Crippen LogP contribution in [0.3, 0.4) is 0 Å². The van der Waals surface area contributed by atoms with Gasteiger partial charge in [0.2, 0.25) is 0 Å². The second-order valence-corrected chi connectivity index (χ2v) is 4.79. The molecule has 3 nitrogen and oxygen atoms in total. The fourth-order valence-corrected chi connectivity index (χ4v) is 2.52. The first-order valence-corrected chi connectivity index (χ1v) is 6.25. The molecule has 0 saturated carbocycles. The van der Waals surface area contributed by atoms with Crippen molar-refractivity contribution < 1.29 is 9.53 Å². The normalized spacial score (nSPS) is 24.5. The number of carbonyl (C=O) groups excluding carboxylic acids is 1. The highest BCUT2D eigenvalue weighted by molar-refractivity contribution is 5.91. The minimum absolute atomic E-state index is 0.00296. The molecule has 0 radical (unpaired) electrons. The van der Waals surface area contributed by atoms with Crippen LogP contribution in [0.1, 0.15) is 30.4 Å². The van der Waals surface area contributed by atoms with Crippen molar-refractivity contribution >= 4 is 5.78 Å². The van der Waals surface area contributed by atoms with Crippen molar-refractivity contribution in [3.63, 3.8) is 0 Å². The molecule has 0 bridgehead atoms. The minimum atomic E-state index is -0.666. The first kappa shape index (κ1) is 12.8. The molecule has 0 amide bonds. The summed E-state index contributed by atoms with van der Waals surface area (Å²) in [6.07, 6.45) is 0.654. The zero-order valence-electron chi connectivity index (χ0n) is 10.7. The van der Waals surface area contributed by atoms with Gasteiger partial charge in [0.25, 0.3) is 0 Å². The molecule has 0 aliphatic carbocycles. The summed E-state index contributed by atoms with van der Waals surface area (Å²) in [7, 11) is 0. The number of ether oxygens (including phenoxy) is 1. The van der Waals surface area contributed by atoms with E-state index in [0.29, 0.717) is 6.61 Å². The number of rotatable bonds is 3. The zero-order valence-corrected chi connectivity index (χ0v) is 10.7. The Labute approximate surface area is 107 Å². The van der Waals surface area contributed by atoms with Crippen molar-refractivity contribution in [2.45, 2.75) is 32.3 Å². The van der Waals surface area contributed by atoms with E-state index in [1.54, 1.807) is 0 Å².